The minimum atomic E-state index is -1.78. The highest BCUT2D eigenvalue weighted by atomic mass is 35.5. The third-order valence-electron chi connectivity index (χ3n) is 10.2. The van der Waals surface area contributed by atoms with Gasteiger partial charge in [0.05, 0.1) is 42.5 Å². The number of oxime groups is 2. The van der Waals surface area contributed by atoms with Crippen molar-refractivity contribution in [3.63, 3.8) is 0 Å². The van der Waals surface area contributed by atoms with Crippen molar-refractivity contribution in [2.45, 2.75) is 50.1 Å². The van der Waals surface area contributed by atoms with E-state index in [4.69, 9.17) is 22.2 Å². The number of piperidine rings is 1. The second-order valence-electron chi connectivity index (χ2n) is 14.0. The molecule has 7 N–H and O–H groups in total. The van der Waals surface area contributed by atoms with Crippen molar-refractivity contribution in [1.82, 2.24) is 14.8 Å². The molecule has 6 heterocycles. The van der Waals surface area contributed by atoms with E-state index in [1.54, 1.807) is 4.90 Å². The summed E-state index contributed by atoms with van der Waals surface area (Å²) in [5.74, 6) is -6.21. The summed E-state index contributed by atoms with van der Waals surface area (Å²) >= 11 is 8.54. The van der Waals surface area contributed by atoms with Crippen LogP contribution in [-0.2, 0) is 28.8 Å². The Kier molecular flexibility index (Phi) is 10.6. The van der Waals surface area contributed by atoms with Crippen LogP contribution in [0.25, 0.3) is 0 Å². The SMILES string of the molecule is CC(C)(O/N=C(\C(=O)C[C@@H]1C(=O)N2C(C(=O)O)=C(C[N+]34CCC(CC3)N(C(=O)/C(=N\O)c3ccc(O)c(O)c3Cl)CC4)CS[C@H]12)c1csc(N)n1)C(=O)O. The largest absolute Gasteiger partial charge is 0.504 e. The fraction of sp³-hybridized carbons (Fsp3) is 0.455. The van der Waals surface area contributed by atoms with E-state index in [1.807, 2.05) is 0 Å². The third-order valence-corrected chi connectivity index (χ3v) is 12.7. The average molecular weight is 807 g/mol. The standard InChI is InChI=1S/C33H36ClN7O11S2/c1-33(2,31(49)50)52-38-24(19-14-54-32(35)36-19)21(43)11-18-27(45)40-25(30(47)48)15(13-53-29(18)40)12-41-8-5-16(6-9-41)39(7-10-41)28(46)23(37-51)17-3-4-20(42)26(44)22(17)34/h3-4,14,16,18,29H,5-13H2,1-2H3,(H6-,35,36,37,38,42,43,44,46,47,48,49,50,51)/p+1/t16?,18-,29-,41?/m1/s1. The molecule has 5 aliphatic heterocycles. The summed E-state index contributed by atoms with van der Waals surface area (Å²) in [6.45, 7) is 4.71. The van der Waals surface area contributed by atoms with E-state index in [-0.39, 0.29) is 57.6 Å². The number of carboxylic acids is 2. The van der Waals surface area contributed by atoms with Crippen LogP contribution in [0.2, 0.25) is 5.02 Å². The Balaban J connectivity index is 1.18. The summed E-state index contributed by atoms with van der Waals surface area (Å²) in [6.07, 6.45) is 0.778. The number of nitrogen functional groups attached to an aromatic ring is 1. The number of halogens is 1. The number of aliphatic carboxylic acids is 2. The van der Waals surface area contributed by atoms with Crippen LogP contribution in [0.15, 0.2) is 39.1 Å². The molecule has 18 nitrogen and oxygen atoms in total. The van der Waals surface area contributed by atoms with Crippen LogP contribution in [0.1, 0.15) is 44.4 Å². The second kappa shape index (κ2) is 14.7. The van der Waals surface area contributed by atoms with E-state index in [0.717, 1.165) is 17.4 Å². The number of carbonyl (C=O) groups is 5. The maximum absolute atomic E-state index is 13.7. The third kappa shape index (κ3) is 7.05. The molecule has 21 heteroatoms. The number of phenols is 2. The van der Waals surface area contributed by atoms with Crippen molar-refractivity contribution in [2.75, 3.05) is 44.2 Å². The van der Waals surface area contributed by atoms with Crippen LogP contribution in [0.4, 0.5) is 5.13 Å². The number of thioether (sulfide) groups is 1. The number of hydrogen-bond donors (Lipinski definition) is 6. The van der Waals surface area contributed by atoms with Gasteiger partial charge in [-0.2, -0.15) is 0 Å². The first kappa shape index (κ1) is 38.8. The molecule has 2 bridgehead atoms. The first-order valence-electron chi connectivity index (χ1n) is 16.7. The monoisotopic (exact) mass is 806 g/mol. The van der Waals surface area contributed by atoms with Crippen molar-refractivity contribution in [2.24, 2.45) is 16.2 Å². The van der Waals surface area contributed by atoms with Gasteiger partial charge in [-0.25, -0.2) is 14.6 Å². The molecule has 1 aromatic carbocycles. The Morgan fingerprint density at radius 1 is 1.13 bits per heavy atom. The zero-order valence-electron chi connectivity index (χ0n) is 29.0. The van der Waals surface area contributed by atoms with E-state index < -0.39 is 63.6 Å². The first-order chi connectivity index (χ1) is 25.5. The summed E-state index contributed by atoms with van der Waals surface area (Å²) < 4.78 is 0.456. The van der Waals surface area contributed by atoms with E-state index >= 15 is 0 Å². The Bertz CT molecular complexity index is 2030. The highest BCUT2D eigenvalue weighted by Gasteiger charge is 2.55. The lowest BCUT2D eigenvalue weighted by Gasteiger charge is -2.50. The molecule has 54 heavy (non-hydrogen) atoms. The smallest absolute Gasteiger partial charge is 0.352 e. The van der Waals surface area contributed by atoms with Crippen LogP contribution in [-0.4, -0.2) is 141 Å². The molecule has 2 amide bonds. The number of anilines is 1. The van der Waals surface area contributed by atoms with E-state index in [0.29, 0.717) is 49.1 Å². The number of aromatic nitrogens is 1. The number of carbonyl (C=O) groups excluding carboxylic acids is 3. The fourth-order valence-corrected chi connectivity index (χ4v) is 9.41. The number of thiazole rings is 1. The van der Waals surface area contributed by atoms with Crippen molar-refractivity contribution < 1.29 is 58.9 Å². The highest BCUT2D eigenvalue weighted by Crippen LogP contribution is 2.46. The molecule has 7 rings (SSSR count). The summed E-state index contributed by atoms with van der Waals surface area (Å²) in [5, 5.41) is 57.1. The van der Waals surface area contributed by atoms with Crippen LogP contribution in [0, 0.1) is 5.92 Å². The maximum Gasteiger partial charge on any atom is 0.352 e. The fourth-order valence-electron chi connectivity index (χ4n) is 7.21. The molecule has 1 aromatic heterocycles. The van der Waals surface area contributed by atoms with Crippen LogP contribution in [0.5, 0.6) is 11.5 Å². The van der Waals surface area contributed by atoms with Gasteiger partial charge >= 0.3 is 11.9 Å². The van der Waals surface area contributed by atoms with Gasteiger partial charge in [-0.05, 0) is 26.0 Å². The normalized spacial score (nSPS) is 24.5. The summed E-state index contributed by atoms with van der Waals surface area (Å²) in [5.41, 5.74) is 3.67. The average Bonchev–Trinajstić information content (AvgIpc) is 3.37. The Morgan fingerprint density at radius 2 is 1.83 bits per heavy atom. The van der Waals surface area contributed by atoms with Gasteiger partial charge in [0.25, 0.3) is 5.91 Å². The van der Waals surface area contributed by atoms with Crippen LogP contribution < -0.4 is 5.73 Å². The minimum absolute atomic E-state index is 0.0516. The topological polar surface area (TPSA) is 266 Å². The molecular weight excluding hydrogens is 770 g/mol. The molecule has 4 saturated heterocycles. The maximum atomic E-state index is 13.7. The summed E-state index contributed by atoms with van der Waals surface area (Å²) in [4.78, 5) is 77.3. The summed E-state index contributed by atoms with van der Waals surface area (Å²) in [7, 11) is 0. The van der Waals surface area contributed by atoms with E-state index in [9.17, 15) is 49.6 Å². The first-order valence-corrected chi connectivity index (χ1v) is 19.0. The number of Topliss-reactive ketones (excluding diaryl/α,β-unsaturated/α-hetero) is 1. The van der Waals surface area contributed by atoms with Gasteiger partial charge in [0.15, 0.2) is 33.8 Å². The zero-order valence-corrected chi connectivity index (χ0v) is 31.4. The number of fused-ring (bicyclic) bond motifs is 5. The minimum Gasteiger partial charge on any atom is -0.504 e. The number of amides is 2. The lowest BCUT2D eigenvalue weighted by molar-refractivity contribution is -0.924. The lowest BCUT2D eigenvalue weighted by atomic mass is 9.89. The predicted octanol–water partition coefficient (Wildman–Crippen LogP) is 1.90. The predicted molar refractivity (Wildman–Crippen MR) is 194 cm³/mol. The van der Waals surface area contributed by atoms with Gasteiger partial charge in [-0.15, -0.1) is 23.1 Å². The number of nitrogens with two attached hydrogens (primary N) is 1. The molecule has 0 aliphatic carbocycles. The lowest BCUT2D eigenvalue weighted by Crippen LogP contribution is -2.63. The molecule has 5 aliphatic rings. The molecule has 0 radical (unpaired) electrons. The molecule has 2 aromatic rings. The number of hydrogen-bond acceptors (Lipinski definition) is 15. The number of nitrogens with zero attached hydrogens (tertiary/aromatic N) is 6. The van der Waals surface area contributed by atoms with Gasteiger partial charge in [-0.1, -0.05) is 21.9 Å². The quantitative estimate of drug-likeness (QED) is 0.0447. The molecule has 2 atom stereocenters. The molecule has 288 valence electrons. The highest BCUT2D eigenvalue weighted by molar-refractivity contribution is 8.00. The van der Waals surface area contributed by atoms with Crippen LogP contribution in [0.3, 0.4) is 0 Å². The number of rotatable bonds is 12. The van der Waals surface area contributed by atoms with Gasteiger partial charge in [0.2, 0.25) is 11.5 Å². The van der Waals surface area contributed by atoms with Gasteiger partial charge in [-0.3, -0.25) is 19.3 Å². The zero-order chi connectivity index (χ0) is 39.3. The van der Waals surface area contributed by atoms with Crippen molar-refractivity contribution >= 4 is 80.8 Å². The number of benzene rings is 1. The van der Waals surface area contributed by atoms with Gasteiger partial charge < -0.3 is 45.6 Å². The Labute approximate surface area is 320 Å². The summed E-state index contributed by atoms with van der Waals surface area (Å²) in [6, 6.07) is 2.18. The van der Waals surface area contributed by atoms with Gasteiger partial charge in [0, 0.05) is 47.6 Å². The number of carboxylic acid groups (broad SMARTS) is 2. The van der Waals surface area contributed by atoms with Crippen molar-refractivity contribution in [3.8, 4) is 11.5 Å². The molecule has 0 spiro atoms. The Hall–Kier alpha value is -4.92. The number of ketones is 1. The van der Waals surface area contributed by atoms with Crippen molar-refractivity contribution in [3.05, 3.63) is 45.1 Å². The number of aromatic hydroxyl groups is 2. The molecule has 0 saturated carbocycles. The second-order valence-corrected chi connectivity index (χ2v) is 16.3. The number of phenolic OH excluding ortho intramolecular Hbond substituents is 2. The van der Waals surface area contributed by atoms with Gasteiger partial charge in [0.1, 0.15) is 17.9 Å². The number of quaternary nitrogens is 1. The molecule has 0 unspecified atom stereocenters. The van der Waals surface area contributed by atoms with E-state index in [2.05, 4.69) is 15.3 Å². The van der Waals surface area contributed by atoms with E-state index in [1.165, 1.54) is 42.0 Å². The van der Waals surface area contributed by atoms with Crippen LogP contribution >= 0.6 is 34.7 Å². The molecule has 4 fully saturated rings. The molecular formula is C33H37ClN7O11S2+. The Morgan fingerprint density at radius 3 is 2.44 bits per heavy atom. The number of β-lactam (4-membered cyclic amide) rings is 1. The van der Waals surface area contributed by atoms with Crippen molar-refractivity contribution in [1.29, 1.82) is 0 Å².